The number of aromatic nitrogens is 4. The number of phosphoric ester groups is 1. The number of rotatable bonds is 19. The molecule has 51 heavy (non-hydrogen) atoms. The van der Waals surface area contributed by atoms with Crippen LogP contribution in [-0.4, -0.2) is 74.2 Å². The number of imidazole rings is 1. The van der Waals surface area contributed by atoms with Crippen LogP contribution in [0.2, 0.25) is 0 Å². The van der Waals surface area contributed by atoms with E-state index in [0.29, 0.717) is 6.42 Å². The molecule has 1 saturated heterocycles. The van der Waals surface area contributed by atoms with E-state index in [1.165, 1.54) is 27.6 Å². The van der Waals surface area contributed by atoms with Crippen LogP contribution in [0.5, 0.6) is 0 Å². The van der Waals surface area contributed by atoms with E-state index in [2.05, 4.69) is 74.0 Å². The molecule has 0 aliphatic carbocycles. The maximum absolute atomic E-state index is 12.4. The minimum Gasteiger partial charge on any atom is -0.387 e. The summed E-state index contributed by atoms with van der Waals surface area (Å²) < 4.78 is 54.4. The first-order valence-corrected chi connectivity index (χ1v) is 20.5. The molecule has 2 aromatic heterocycles. The van der Waals surface area contributed by atoms with Gasteiger partial charge in [0.2, 0.25) is 0 Å². The molecule has 3 heterocycles. The number of nitrogens with one attached hydrogen (secondary N) is 1. The number of H-pyrrole nitrogens is 1. The van der Waals surface area contributed by atoms with Gasteiger partial charge in [-0.25, -0.2) is 23.7 Å². The van der Waals surface area contributed by atoms with Crippen molar-refractivity contribution in [3.63, 3.8) is 0 Å². The highest BCUT2D eigenvalue weighted by Crippen LogP contribution is 2.66. The summed E-state index contributed by atoms with van der Waals surface area (Å²) in [5.41, 5.74) is 2.22. The molecule has 18 nitrogen and oxygen atoms in total. The van der Waals surface area contributed by atoms with Gasteiger partial charge in [-0.2, -0.15) is 8.62 Å². The SMILES string of the molecule is CC(C)=CCC/C(C)=C/CCC(C)=CCC/C(C)=C/C[C@@]1(n2cnc3c(=O)[nH]cnc32)O[C@H](COP(=O)(O)OP(=O)(O)OP(=O)(O)O)[C@@H](O)[C@H]1O. The zero-order valence-corrected chi connectivity index (χ0v) is 31.7. The van der Waals surface area contributed by atoms with Crippen molar-refractivity contribution < 1.29 is 61.4 Å². The minimum atomic E-state index is -5.80. The molecule has 7 N–H and O–H groups in total. The molecule has 0 spiro atoms. The van der Waals surface area contributed by atoms with Crippen molar-refractivity contribution in [1.29, 1.82) is 0 Å². The van der Waals surface area contributed by atoms with Gasteiger partial charge in [0.25, 0.3) is 5.56 Å². The summed E-state index contributed by atoms with van der Waals surface area (Å²) in [6.07, 6.45) is 10.7. The van der Waals surface area contributed by atoms with Crippen LogP contribution < -0.4 is 5.56 Å². The van der Waals surface area contributed by atoms with Gasteiger partial charge in [0.05, 0.1) is 19.3 Å². The van der Waals surface area contributed by atoms with Gasteiger partial charge in [0, 0.05) is 6.42 Å². The molecule has 0 radical (unpaired) electrons. The quantitative estimate of drug-likeness (QED) is 0.0747. The first kappa shape index (κ1) is 43.0. The number of fused-ring (bicyclic) bond motifs is 1. The number of aliphatic hydroxyl groups excluding tert-OH is 2. The zero-order chi connectivity index (χ0) is 38.2. The van der Waals surface area contributed by atoms with E-state index in [1.54, 1.807) is 6.08 Å². The third-order valence-corrected chi connectivity index (χ3v) is 11.8. The van der Waals surface area contributed by atoms with Crippen LogP contribution in [0.3, 0.4) is 0 Å². The lowest BCUT2D eigenvalue weighted by Gasteiger charge is -2.33. The Balaban J connectivity index is 1.76. The molecule has 1 fully saturated rings. The van der Waals surface area contributed by atoms with Gasteiger partial charge < -0.3 is 39.5 Å². The summed E-state index contributed by atoms with van der Waals surface area (Å²) in [6.45, 7) is 9.24. The fraction of sp³-hybridized carbons (Fsp3) is 0.567. The Kier molecular flexibility index (Phi) is 15.3. The monoisotopic (exact) mass is 780 g/mol. The molecule has 0 amide bonds. The van der Waals surface area contributed by atoms with Crippen molar-refractivity contribution in [1.82, 2.24) is 19.5 Å². The summed E-state index contributed by atoms with van der Waals surface area (Å²) in [6, 6.07) is 0. The van der Waals surface area contributed by atoms with Gasteiger partial charge in [-0.3, -0.25) is 13.9 Å². The number of allylic oxidation sites excluding steroid dienone is 7. The average molecular weight is 781 g/mol. The number of aromatic amines is 1. The van der Waals surface area contributed by atoms with Gasteiger partial charge in [0.1, 0.15) is 18.3 Å². The normalized spacial score (nSPS) is 24.5. The third-order valence-electron chi connectivity index (χ3n) is 7.98. The van der Waals surface area contributed by atoms with Crippen LogP contribution >= 0.6 is 23.5 Å². The van der Waals surface area contributed by atoms with E-state index in [0.717, 1.165) is 44.0 Å². The molecule has 1 aliphatic rings. The predicted octanol–water partition coefficient (Wildman–Crippen LogP) is 4.77. The molecule has 0 aromatic carbocycles. The standard InChI is InChI=1S/C30H47N4O14P3/c1-20(2)9-6-10-21(3)11-7-12-22(4)13-8-14-23(5)15-16-30(34-19-33-25-28(34)31-18-32-29(25)37)27(36)26(35)24(46-30)17-45-50(41,42)48-51(43,44)47-49(38,39)40/h9,11,13,15,18-19,24,26-27,35-36H,6-8,10,12,14,16-17H2,1-5H3,(H,41,42)(H,43,44)(H,31,32,37)(H2,38,39,40)/b21-11+,22-13?,23-15+/t24-,26-,27-,30-/m1/s1. The summed E-state index contributed by atoms with van der Waals surface area (Å²) >= 11 is 0. The molecule has 1 aliphatic heterocycles. The smallest absolute Gasteiger partial charge is 0.387 e. The van der Waals surface area contributed by atoms with Gasteiger partial charge in [-0.15, -0.1) is 0 Å². The fourth-order valence-electron chi connectivity index (χ4n) is 5.37. The maximum atomic E-state index is 12.4. The second kappa shape index (κ2) is 18.1. The Morgan fingerprint density at radius 2 is 1.45 bits per heavy atom. The number of hydrogen-bond acceptors (Lipinski definition) is 12. The largest absolute Gasteiger partial charge is 0.490 e. The van der Waals surface area contributed by atoms with E-state index in [9.17, 15) is 38.5 Å². The van der Waals surface area contributed by atoms with Crippen LogP contribution in [-0.2, 0) is 37.3 Å². The number of hydrogen-bond donors (Lipinski definition) is 7. The fourth-order valence-corrected chi connectivity index (χ4v) is 8.40. The number of phosphoric acid groups is 3. The van der Waals surface area contributed by atoms with Crippen LogP contribution in [0.15, 0.2) is 64.0 Å². The number of aliphatic hydroxyl groups is 2. The molecule has 286 valence electrons. The molecule has 2 aromatic rings. The van der Waals surface area contributed by atoms with E-state index in [1.807, 2.05) is 6.92 Å². The van der Waals surface area contributed by atoms with Crippen LogP contribution in [0.1, 0.15) is 79.6 Å². The van der Waals surface area contributed by atoms with E-state index in [-0.39, 0.29) is 17.6 Å². The van der Waals surface area contributed by atoms with Gasteiger partial charge in [0.15, 0.2) is 16.9 Å². The number of nitrogens with zero attached hydrogens (tertiary/aromatic N) is 3. The number of ether oxygens (including phenoxy) is 1. The third kappa shape index (κ3) is 12.9. The second-order valence-corrected chi connectivity index (χ2v) is 17.0. The Morgan fingerprint density at radius 3 is 2.02 bits per heavy atom. The average Bonchev–Trinajstić information content (AvgIpc) is 3.53. The maximum Gasteiger partial charge on any atom is 0.490 e. The van der Waals surface area contributed by atoms with Crippen LogP contribution in [0, 0.1) is 0 Å². The van der Waals surface area contributed by atoms with Crippen LogP contribution in [0.25, 0.3) is 11.2 Å². The van der Waals surface area contributed by atoms with Crippen molar-refractivity contribution in [2.75, 3.05) is 6.61 Å². The summed E-state index contributed by atoms with van der Waals surface area (Å²) in [7, 11) is -17.0. The molecular formula is C30H47N4O14P3. The van der Waals surface area contributed by atoms with Crippen molar-refractivity contribution in [3.8, 4) is 0 Å². The van der Waals surface area contributed by atoms with Crippen molar-refractivity contribution >= 4 is 34.6 Å². The first-order valence-electron chi connectivity index (χ1n) is 16.0. The van der Waals surface area contributed by atoms with Crippen LogP contribution in [0.4, 0.5) is 0 Å². The molecule has 3 rings (SSSR count). The predicted molar refractivity (Wildman–Crippen MR) is 186 cm³/mol. The van der Waals surface area contributed by atoms with Crippen molar-refractivity contribution in [3.05, 3.63) is 69.6 Å². The van der Waals surface area contributed by atoms with Gasteiger partial charge >= 0.3 is 23.5 Å². The summed E-state index contributed by atoms with van der Waals surface area (Å²) in [5.74, 6) is 0. The van der Waals surface area contributed by atoms with E-state index >= 15 is 0 Å². The van der Waals surface area contributed by atoms with Gasteiger partial charge in [-0.1, -0.05) is 46.6 Å². The molecular weight excluding hydrogens is 733 g/mol. The first-order chi connectivity index (χ1) is 23.6. The van der Waals surface area contributed by atoms with Crippen molar-refractivity contribution in [2.45, 2.75) is 104 Å². The highest BCUT2D eigenvalue weighted by Gasteiger charge is 2.56. The van der Waals surface area contributed by atoms with E-state index < -0.39 is 59.7 Å². The second-order valence-electron chi connectivity index (χ2n) is 12.6. The summed E-state index contributed by atoms with van der Waals surface area (Å²) in [5, 5.41) is 22.4. The Hall–Kier alpha value is -2.40. The zero-order valence-electron chi connectivity index (χ0n) is 29.0. The topological polar surface area (TPSA) is 273 Å². The molecule has 0 saturated carbocycles. The highest BCUT2D eigenvalue weighted by atomic mass is 31.3. The van der Waals surface area contributed by atoms with Gasteiger partial charge in [-0.05, 0) is 73.1 Å². The molecule has 0 bridgehead atoms. The minimum absolute atomic E-state index is 0.00984. The molecule has 21 heteroatoms. The summed E-state index contributed by atoms with van der Waals surface area (Å²) in [4.78, 5) is 59.9. The highest BCUT2D eigenvalue weighted by molar-refractivity contribution is 7.66. The molecule has 6 atom stereocenters. The lowest BCUT2D eigenvalue weighted by atomic mass is 9.97. The molecule has 2 unspecified atom stereocenters. The Morgan fingerprint density at radius 1 is 0.882 bits per heavy atom. The Labute approximate surface area is 295 Å². The lowest BCUT2D eigenvalue weighted by molar-refractivity contribution is -0.142. The van der Waals surface area contributed by atoms with E-state index in [4.69, 9.17) is 14.5 Å². The Bertz CT molecular complexity index is 1840. The lowest BCUT2D eigenvalue weighted by Crippen LogP contribution is -2.45. The van der Waals surface area contributed by atoms with Crippen molar-refractivity contribution in [2.24, 2.45) is 0 Å².